The zero-order valence-electron chi connectivity index (χ0n) is 10.0. The maximum atomic E-state index is 11.2. The third-order valence-electron chi connectivity index (χ3n) is 2.26. The molecule has 0 aromatic heterocycles. The molecule has 106 valence electrons. The topological polar surface area (TPSA) is 78.4 Å². The van der Waals surface area contributed by atoms with Crippen molar-refractivity contribution in [3.05, 3.63) is 0 Å². The molecule has 0 spiro atoms. The van der Waals surface area contributed by atoms with Gasteiger partial charge in [0.15, 0.2) is 0 Å². The Morgan fingerprint density at radius 3 is 2.33 bits per heavy atom. The van der Waals surface area contributed by atoms with Crippen LogP contribution in [-0.2, 0) is 9.59 Å². The molecule has 1 aliphatic rings. The van der Waals surface area contributed by atoms with Crippen LogP contribution in [0.1, 0.15) is 19.8 Å². The molecule has 1 heterocycles. The van der Waals surface area contributed by atoms with E-state index in [-0.39, 0.29) is 11.8 Å². The van der Waals surface area contributed by atoms with Crippen molar-refractivity contribution in [2.45, 2.75) is 25.9 Å². The van der Waals surface area contributed by atoms with E-state index in [1.165, 1.54) is 0 Å². The summed E-state index contributed by atoms with van der Waals surface area (Å²) in [5.74, 6) is -2.34. The minimum atomic E-state index is -5.08. The summed E-state index contributed by atoms with van der Waals surface area (Å²) in [5, 5.41) is 13.2. The van der Waals surface area contributed by atoms with E-state index in [1.807, 2.05) is 6.92 Å². The van der Waals surface area contributed by atoms with Crippen molar-refractivity contribution in [3.63, 3.8) is 0 Å². The maximum absolute atomic E-state index is 11.2. The highest BCUT2D eigenvalue weighted by Gasteiger charge is 2.38. The van der Waals surface area contributed by atoms with Crippen molar-refractivity contribution in [1.82, 2.24) is 10.6 Å². The normalized spacial score (nSPS) is 19.4. The number of carboxylic acids is 1. The summed E-state index contributed by atoms with van der Waals surface area (Å²) >= 11 is 0. The van der Waals surface area contributed by atoms with Crippen LogP contribution in [0.5, 0.6) is 0 Å². The van der Waals surface area contributed by atoms with Gasteiger partial charge in [-0.2, -0.15) is 13.2 Å². The van der Waals surface area contributed by atoms with Gasteiger partial charge >= 0.3 is 12.1 Å². The van der Waals surface area contributed by atoms with Gasteiger partial charge in [0.25, 0.3) is 0 Å². The number of aliphatic carboxylic acids is 1. The molecule has 0 aliphatic carbocycles. The SMILES string of the molecule is CCNC(=O)C1CCCNC1.O=C(O)C(F)(F)F. The molecular formula is C10H17F3N2O3. The number of nitrogens with one attached hydrogen (secondary N) is 2. The first kappa shape index (κ1) is 16.7. The summed E-state index contributed by atoms with van der Waals surface area (Å²) in [4.78, 5) is 20.1. The van der Waals surface area contributed by atoms with Crippen LogP contribution in [0.4, 0.5) is 13.2 Å². The molecule has 0 radical (unpaired) electrons. The summed E-state index contributed by atoms with van der Waals surface area (Å²) < 4.78 is 31.7. The summed E-state index contributed by atoms with van der Waals surface area (Å²) in [7, 11) is 0. The number of alkyl halides is 3. The number of amides is 1. The lowest BCUT2D eigenvalue weighted by Gasteiger charge is -2.21. The van der Waals surface area contributed by atoms with Gasteiger partial charge in [-0.25, -0.2) is 4.79 Å². The van der Waals surface area contributed by atoms with Crippen molar-refractivity contribution >= 4 is 11.9 Å². The van der Waals surface area contributed by atoms with Crippen LogP contribution in [0, 0.1) is 5.92 Å². The smallest absolute Gasteiger partial charge is 0.475 e. The number of hydrogen-bond acceptors (Lipinski definition) is 3. The van der Waals surface area contributed by atoms with E-state index in [2.05, 4.69) is 10.6 Å². The molecule has 0 aromatic rings. The second-order valence-electron chi connectivity index (χ2n) is 3.74. The molecule has 5 nitrogen and oxygen atoms in total. The van der Waals surface area contributed by atoms with Crippen LogP contribution >= 0.6 is 0 Å². The third-order valence-corrected chi connectivity index (χ3v) is 2.26. The summed E-state index contributed by atoms with van der Waals surface area (Å²) in [6.07, 6.45) is -2.92. The van der Waals surface area contributed by atoms with Gasteiger partial charge in [0.05, 0.1) is 5.92 Å². The molecular weight excluding hydrogens is 253 g/mol. The van der Waals surface area contributed by atoms with Crippen LogP contribution in [0.15, 0.2) is 0 Å². The number of hydrogen-bond donors (Lipinski definition) is 3. The average molecular weight is 270 g/mol. The highest BCUT2D eigenvalue weighted by atomic mass is 19.4. The Balaban J connectivity index is 0.000000360. The van der Waals surface area contributed by atoms with Gasteiger partial charge in [0.1, 0.15) is 0 Å². The quantitative estimate of drug-likeness (QED) is 0.692. The minimum absolute atomic E-state index is 0.208. The van der Waals surface area contributed by atoms with Crippen LogP contribution in [0.2, 0.25) is 0 Å². The fourth-order valence-corrected chi connectivity index (χ4v) is 1.39. The standard InChI is InChI=1S/C8H16N2O.C2HF3O2/c1-2-10-8(11)7-4-3-5-9-6-7;3-2(4,5)1(6)7/h7,9H,2-6H2,1H3,(H,10,11);(H,6,7). The monoisotopic (exact) mass is 270 g/mol. The maximum Gasteiger partial charge on any atom is 0.490 e. The lowest BCUT2D eigenvalue weighted by molar-refractivity contribution is -0.192. The first-order valence-electron chi connectivity index (χ1n) is 5.57. The Bertz CT molecular complexity index is 276. The molecule has 1 rings (SSSR count). The number of carbonyl (C=O) groups is 2. The first-order chi connectivity index (χ1) is 8.29. The highest BCUT2D eigenvalue weighted by Crippen LogP contribution is 2.13. The van der Waals surface area contributed by atoms with Gasteiger partial charge in [-0.3, -0.25) is 4.79 Å². The number of piperidine rings is 1. The van der Waals surface area contributed by atoms with Gasteiger partial charge in [0, 0.05) is 13.1 Å². The molecule has 18 heavy (non-hydrogen) atoms. The van der Waals surface area contributed by atoms with Crippen LogP contribution in [-0.4, -0.2) is 42.8 Å². The molecule has 8 heteroatoms. The predicted molar refractivity (Wildman–Crippen MR) is 58.0 cm³/mol. The molecule has 0 bridgehead atoms. The van der Waals surface area contributed by atoms with Gasteiger partial charge in [0.2, 0.25) is 5.91 Å². The van der Waals surface area contributed by atoms with Crippen LogP contribution < -0.4 is 10.6 Å². The Morgan fingerprint density at radius 1 is 1.44 bits per heavy atom. The molecule has 3 N–H and O–H groups in total. The van der Waals surface area contributed by atoms with E-state index in [1.54, 1.807) is 0 Å². The number of halogens is 3. The predicted octanol–water partition coefficient (Wildman–Crippen LogP) is 0.755. The molecule has 0 aromatic carbocycles. The van der Waals surface area contributed by atoms with Crippen LogP contribution in [0.3, 0.4) is 0 Å². The largest absolute Gasteiger partial charge is 0.490 e. The number of rotatable bonds is 2. The Hall–Kier alpha value is -1.31. The van der Waals surface area contributed by atoms with E-state index < -0.39 is 12.1 Å². The van der Waals surface area contributed by atoms with Crippen LogP contribution in [0.25, 0.3) is 0 Å². The van der Waals surface area contributed by atoms with Crippen molar-refractivity contribution in [1.29, 1.82) is 0 Å². The third kappa shape index (κ3) is 7.10. The van der Waals surface area contributed by atoms with Crippen molar-refractivity contribution in [3.8, 4) is 0 Å². The summed E-state index contributed by atoms with van der Waals surface area (Å²) in [6, 6.07) is 0. The molecule has 1 fully saturated rings. The van der Waals surface area contributed by atoms with Crippen molar-refractivity contribution < 1.29 is 27.9 Å². The fraction of sp³-hybridized carbons (Fsp3) is 0.800. The van der Waals surface area contributed by atoms with Gasteiger partial charge in [-0.1, -0.05) is 0 Å². The van der Waals surface area contributed by atoms with E-state index >= 15 is 0 Å². The zero-order chi connectivity index (χ0) is 14.2. The van der Waals surface area contributed by atoms with E-state index in [4.69, 9.17) is 9.90 Å². The fourth-order valence-electron chi connectivity index (χ4n) is 1.39. The Labute approximate surface area is 103 Å². The summed E-state index contributed by atoms with van der Waals surface area (Å²) in [5.41, 5.74) is 0. The van der Waals surface area contributed by atoms with Gasteiger partial charge < -0.3 is 15.7 Å². The van der Waals surface area contributed by atoms with Crippen molar-refractivity contribution in [2.75, 3.05) is 19.6 Å². The molecule has 1 amide bonds. The Kier molecular flexibility index (Phi) is 7.33. The van der Waals surface area contributed by atoms with E-state index in [9.17, 15) is 18.0 Å². The molecule has 1 unspecified atom stereocenters. The van der Waals surface area contributed by atoms with E-state index in [0.717, 1.165) is 32.5 Å². The van der Waals surface area contributed by atoms with Crippen molar-refractivity contribution in [2.24, 2.45) is 5.92 Å². The molecule has 0 saturated carbocycles. The van der Waals surface area contributed by atoms with Gasteiger partial charge in [-0.05, 0) is 26.3 Å². The first-order valence-corrected chi connectivity index (χ1v) is 5.57. The highest BCUT2D eigenvalue weighted by molar-refractivity contribution is 5.78. The molecule has 1 atom stereocenters. The summed E-state index contributed by atoms with van der Waals surface area (Å²) in [6.45, 7) is 4.62. The number of carboxylic acid groups (broad SMARTS) is 1. The zero-order valence-corrected chi connectivity index (χ0v) is 10.0. The molecule has 1 aliphatic heterocycles. The average Bonchev–Trinajstić information content (AvgIpc) is 2.30. The lowest BCUT2D eigenvalue weighted by atomic mass is 9.99. The van der Waals surface area contributed by atoms with Gasteiger partial charge in [-0.15, -0.1) is 0 Å². The minimum Gasteiger partial charge on any atom is -0.475 e. The second-order valence-corrected chi connectivity index (χ2v) is 3.74. The molecule has 1 saturated heterocycles. The van der Waals surface area contributed by atoms with E-state index in [0.29, 0.717) is 0 Å². The lowest BCUT2D eigenvalue weighted by Crippen LogP contribution is -2.40. The second kappa shape index (κ2) is 7.91. The number of carbonyl (C=O) groups excluding carboxylic acids is 1. The Morgan fingerprint density at radius 2 is 2.00 bits per heavy atom.